The van der Waals surface area contributed by atoms with E-state index in [1.165, 1.54) is 25.7 Å². The smallest absolute Gasteiger partial charge is 0.233 e. The summed E-state index contributed by atoms with van der Waals surface area (Å²) >= 11 is 0. The summed E-state index contributed by atoms with van der Waals surface area (Å²) in [5, 5.41) is 1.15. The van der Waals surface area contributed by atoms with Gasteiger partial charge < -0.3 is 4.90 Å². The first kappa shape index (κ1) is 20.0. The number of carbonyl (C=O) groups is 1. The van der Waals surface area contributed by atoms with Crippen molar-refractivity contribution in [2.24, 2.45) is 0 Å². The minimum Gasteiger partial charge on any atom is -0.340 e. The second-order valence-corrected chi connectivity index (χ2v) is 8.91. The van der Waals surface area contributed by atoms with Crippen LogP contribution >= 0.6 is 0 Å². The van der Waals surface area contributed by atoms with Crippen LogP contribution in [0.3, 0.4) is 0 Å². The lowest BCUT2D eigenvalue weighted by molar-refractivity contribution is -0.133. The van der Waals surface area contributed by atoms with Crippen molar-refractivity contribution in [3.05, 3.63) is 41.3 Å². The molecule has 1 saturated heterocycles. The van der Waals surface area contributed by atoms with Crippen LogP contribution in [-0.4, -0.2) is 62.9 Å². The average Bonchev–Trinajstić information content (AvgIpc) is 3.22. The monoisotopic (exact) mass is 391 g/mol. The maximum absolute atomic E-state index is 12.3. The van der Waals surface area contributed by atoms with Gasteiger partial charge in [-0.15, -0.1) is 0 Å². The fourth-order valence-corrected chi connectivity index (χ4v) is 4.66. The quantitative estimate of drug-likeness (QED) is 0.772. The first-order chi connectivity index (χ1) is 13.0. The van der Waals surface area contributed by atoms with E-state index in [0.29, 0.717) is 6.04 Å². The highest BCUT2D eigenvalue weighted by atomic mass is 32.2. The highest BCUT2D eigenvalue weighted by Gasteiger charge is 2.27. The summed E-state index contributed by atoms with van der Waals surface area (Å²) < 4.78 is 26.5. The molecule has 1 heterocycles. The van der Waals surface area contributed by atoms with Gasteiger partial charge in [0.05, 0.1) is 0 Å². The van der Waals surface area contributed by atoms with E-state index in [1.54, 1.807) is 6.08 Å². The normalized spacial score (nSPS) is 19.8. The van der Waals surface area contributed by atoms with Crippen molar-refractivity contribution in [1.82, 2.24) is 14.5 Å². The molecule has 0 radical (unpaired) electrons. The third-order valence-electron chi connectivity index (χ3n) is 5.39. The van der Waals surface area contributed by atoms with Gasteiger partial charge in [0, 0.05) is 50.6 Å². The molecular formula is C20H29N3O3S. The standard InChI is InChI=1S/C20H29N3O3S/c24-20(23-15-13-22(14-16-23)19-8-4-5-9-19)10-12-21-27(25,26)17-11-18-6-2-1-3-7-18/h1-3,6-7,11,17,19,21H,4-5,8-10,12-16H2/b17-11+. The molecule has 148 valence electrons. The van der Waals surface area contributed by atoms with E-state index in [2.05, 4.69) is 9.62 Å². The fraction of sp³-hybridized carbons (Fsp3) is 0.550. The number of piperazine rings is 1. The van der Waals surface area contributed by atoms with E-state index in [-0.39, 0.29) is 18.9 Å². The number of hydrogen-bond donors (Lipinski definition) is 1. The third-order valence-corrected chi connectivity index (χ3v) is 6.49. The third kappa shape index (κ3) is 6.16. The number of rotatable bonds is 7. The van der Waals surface area contributed by atoms with Crippen molar-refractivity contribution < 1.29 is 13.2 Å². The molecule has 0 atom stereocenters. The molecule has 3 rings (SSSR count). The van der Waals surface area contributed by atoms with Crippen LogP contribution in [0.5, 0.6) is 0 Å². The van der Waals surface area contributed by atoms with Gasteiger partial charge in [-0.3, -0.25) is 9.69 Å². The number of benzene rings is 1. The fourth-order valence-electron chi connectivity index (χ4n) is 3.84. The molecule has 1 saturated carbocycles. The molecule has 2 aliphatic rings. The van der Waals surface area contributed by atoms with Gasteiger partial charge in [0.2, 0.25) is 15.9 Å². The Kier molecular flexibility index (Phi) is 7.04. The molecule has 6 nitrogen and oxygen atoms in total. The Morgan fingerprint density at radius 3 is 2.41 bits per heavy atom. The molecule has 1 aliphatic carbocycles. The van der Waals surface area contributed by atoms with Crippen molar-refractivity contribution in [3.8, 4) is 0 Å². The summed E-state index contributed by atoms with van der Waals surface area (Å²) in [5.74, 6) is 0.0239. The van der Waals surface area contributed by atoms with E-state index in [1.807, 2.05) is 35.2 Å². The van der Waals surface area contributed by atoms with Crippen LogP contribution in [0.15, 0.2) is 35.7 Å². The molecule has 0 aromatic heterocycles. The van der Waals surface area contributed by atoms with Gasteiger partial charge in [0.25, 0.3) is 0 Å². The zero-order valence-electron chi connectivity index (χ0n) is 15.7. The van der Waals surface area contributed by atoms with Crippen LogP contribution in [0.1, 0.15) is 37.7 Å². The van der Waals surface area contributed by atoms with E-state index < -0.39 is 10.0 Å². The predicted molar refractivity (Wildman–Crippen MR) is 107 cm³/mol. The van der Waals surface area contributed by atoms with Crippen molar-refractivity contribution in [1.29, 1.82) is 0 Å². The lowest BCUT2D eigenvalue weighted by Crippen LogP contribution is -2.51. The van der Waals surface area contributed by atoms with Crippen molar-refractivity contribution in [3.63, 3.8) is 0 Å². The predicted octanol–water partition coefficient (Wildman–Crippen LogP) is 2.05. The second-order valence-electron chi connectivity index (χ2n) is 7.26. The molecule has 1 aliphatic heterocycles. The molecule has 2 fully saturated rings. The zero-order chi connectivity index (χ0) is 19.1. The van der Waals surface area contributed by atoms with Crippen LogP contribution in [-0.2, 0) is 14.8 Å². The Hall–Kier alpha value is -1.70. The van der Waals surface area contributed by atoms with Gasteiger partial charge in [0.1, 0.15) is 0 Å². The van der Waals surface area contributed by atoms with Crippen LogP contribution in [0.2, 0.25) is 0 Å². The lowest BCUT2D eigenvalue weighted by atomic mass is 10.1. The minimum atomic E-state index is -3.54. The average molecular weight is 392 g/mol. The molecule has 27 heavy (non-hydrogen) atoms. The summed E-state index contributed by atoms with van der Waals surface area (Å²) in [7, 11) is -3.54. The van der Waals surface area contributed by atoms with Gasteiger partial charge in [0.15, 0.2) is 0 Å². The first-order valence-electron chi connectivity index (χ1n) is 9.78. The summed E-state index contributed by atoms with van der Waals surface area (Å²) in [5.41, 5.74) is 0.819. The van der Waals surface area contributed by atoms with E-state index >= 15 is 0 Å². The molecule has 0 unspecified atom stereocenters. The van der Waals surface area contributed by atoms with E-state index in [0.717, 1.165) is 37.2 Å². The van der Waals surface area contributed by atoms with Gasteiger partial charge in [-0.05, 0) is 24.5 Å². The minimum absolute atomic E-state index is 0.0239. The maximum atomic E-state index is 12.3. The highest BCUT2D eigenvalue weighted by molar-refractivity contribution is 7.92. The molecule has 1 N–H and O–H groups in total. The molecule has 0 spiro atoms. The van der Waals surface area contributed by atoms with E-state index in [4.69, 9.17) is 0 Å². The number of carbonyl (C=O) groups excluding carboxylic acids is 1. The largest absolute Gasteiger partial charge is 0.340 e. The molecule has 7 heteroatoms. The van der Waals surface area contributed by atoms with Crippen LogP contribution < -0.4 is 4.72 Å². The maximum Gasteiger partial charge on any atom is 0.233 e. The van der Waals surface area contributed by atoms with Gasteiger partial charge in [-0.25, -0.2) is 13.1 Å². The summed E-state index contributed by atoms with van der Waals surface area (Å²) in [6.45, 7) is 3.49. The van der Waals surface area contributed by atoms with Crippen LogP contribution in [0.25, 0.3) is 6.08 Å². The first-order valence-corrected chi connectivity index (χ1v) is 11.3. The number of amides is 1. The SMILES string of the molecule is O=C(CCNS(=O)(=O)/C=C/c1ccccc1)N1CCN(C2CCCC2)CC1. The Labute approximate surface area is 162 Å². The van der Waals surface area contributed by atoms with Crippen molar-refractivity contribution >= 4 is 22.0 Å². The lowest BCUT2D eigenvalue weighted by Gasteiger charge is -2.38. The topological polar surface area (TPSA) is 69.7 Å². The van der Waals surface area contributed by atoms with Crippen LogP contribution in [0, 0.1) is 0 Å². The zero-order valence-corrected chi connectivity index (χ0v) is 16.5. The Morgan fingerprint density at radius 2 is 1.74 bits per heavy atom. The number of hydrogen-bond acceptors (Lipinski definition) is 4. The van der Waals surface area contributed by atoms with Crippen molar-refractivity contribution in [2.45, 2.75) is 38.1 Å². The second kappa shape index (κ2) is 9.48. The molecule has 1 aromatic rings. The number of sulfonamides is 1. The summed E-state index contributed by atoms with van der Waals surface area (Å²) in [6.07, 6.45) is 6.96. The van der Waals surface area contributed by atoms with E-state index in [9.17, 15) is 13.2 Å². The summed E-state index contributed by atoms with van der Waals surface area (Å²) in [4.78, 5) is 16.7. The number of nitrogens with one attached hydrogen (secondary N) is 1. The molecule has 1 amide bonds. The Balaban J connectivity index is 1.38. The molecule has 0 bridgehead atoms. The summed E-state index contributed by atoms with van der Waals surface area (Å²) in [6, 6.07) is 9.95. The number of nitrogens with zero attached hydrogens (tertiary/aromatic N) is 2. The van der Waals surface area contributed by atoms with Gasteiger partial charge >= 0.3 is 0 Å². The van der Waals surface area contributed by atoms with Gasteiger partial charge in [-0.1, -0.05) is 43.2 Å². The molecular weight excluding hydrogens is 362 g/mol. The molecule has 1 aromatic carbocycles. The van der Waals surface area contributed by atoms with Crippen LogP contribution in [0.4, 0.5) is 0 Å². The van der Waals surface area contributed by atoms with Gasteiger partial charge in [-0.2, -0.15) is 0 Å². The highest BCUT2D eigenvalue weighted by Crippen LogP contribution is 2.24. The Morgan fingerprint density at radius 1 is 1.07 bits per heavy atom. The van der Waals surface area contributed by atoms with Crippen molar-refractivity contribution in [2.75, 3.05) is 32.7 Å². The Bertz CT molecular complexity index is 735.